The molecule has 20 heavy (non-hydrogen) atoms. The minimum atomic E-state index is -1.51. The number of carbonyl (C=O) groups excluding carboxylic acids is 2. The van der Waals surface area contributed by atoms with Gasteiger partial charge < -0.3 is 15.2 Å². The lowest BCUT2D eigenvalue weighted by Gasteiger charge is -2.12. The molecule has 0 fully saturated rings. The molecule has 6 heteroatoms. The first-order valence-electron chi connectivity index (χ1n) is 6.28. The summed E-state index contributed by atoms with van der Waals surface area (Å²) in [6.45, 7) is 3.90. The van der Waals surface area contributed by atoms with Crippen molar-refractivity contribution in [1.82, 2.24) is 5.32 Å². The van der Waals surface area contributed by atoms with E-state index < -0.39 is 23.7 Å². The molecule has 2 N–H and O–H groups in total. The van der Waals surface area contributed by atoms with Crippen molar-refractivity contribution in [3.8, 4) is 5.75 Å². The molecule has 0 radical (unpaired) electrons. The molecule has 1 atom stereocenters. The Bertz CT molecular complexity index is 495. The van der Waals surface area contributed by atoms with E-state index in [1.54, 1.807) is 19.1 Å². The van der Waals surface area contributed by atoms with Crippen LogP contribution in [0.5, 0.6) is 5.75 Å². The number of carbonyl (C=O) groups is 3. The average Bonchev–Trinajstić information content (AvgIpc) is 2.44. The van der Waals surface area contributed by atoms with Crippen molar-refractivity contribution in [2.45, 2.75) is 26.3 Å². The number of ether oxygens (including phenoxy) is 1. The summed E-state index contributed by atoms with van der Waals surface area (Å²) >= 11 is 0. The van der Waals surface area contributed by atoms with Gasteiger partial charge in [-0.25, -0.2) is 4.79 Å². The molecule has 0 heterocycles. The quantitative estimate of drug-likeness (QED) is 0.733. The van der Waals surface area contributed by atoms with E-state index in [2.05, 4.69) is 5.32 Å². The van der Waals surface area contributed by atoms with Gasteiger partial charge in [-0.3, -0.25) is 9.59 Å². The van der Waals surface area contributed by atoms with E-state index in [1.165, 1.54) is 12.1 Å². The Balaban J connectivity index is 2.78. The highest BCUT2D eigenvalue weighted by Gasteiger charge is 2.26. The van der Waals surface area contributed by atoms with Crippen LogP contribution in [0.25, 0.3) is 0 Å². The van der Waals surface area contributed by atoms with Gasteiger partial charge in [0.2, 0.25) is 0 Å². The maximum absolute atomic E-state index is 11.9. The van der Waals surface area contributed by atoms with E-state index in [1.807, 2.05) is 6.92 Å². The van der Waals surface area contributed by atoms with E-state index >= 15 is 0 Å². The Morgan fingerprint density at radius 3 is 2.25 bits per heavy atom. The normalized spacial score (nSPS) is 11.5. The van der Waals surface area contributed by atoms with Crippen LogP contribution in [0.4, 0.5) is 0 Å². The van der Waals surface area contributed by atoms with E-state index in [-0.39, 0.29) is 12.0 Å². The first kappa shape index (κ1) is 15.7. The van der Waals surface area contributed by atoms with Crippen molar-refractivity contribution in [3.63, 3.8) is 0 Å². The molecule has 0 aliphatic rings. The highest BCUT2D eigenvalue weighted by Crippen LogP contribution is 2.12. The minimum absolute atomic E-state index is 0.0422. The molecular weight excluding hydrogens is 262 g/mol. The standard InChI is InChI=1S/C14H17NO5/c1-3-11(16)12(14(18)19)15-13(17)9-5-7-10(8-6-9)20-4-2/h5-8,12H,3-4H2,1-2H3,(H,15,17)(H,18,19). The number of ketones is 1. The topological polar surface area (TPSA) is 92.7 Å². The predicted octanol–water partition coefficient (Wildman–Crippen LogP) is 1.25. The highest BCUT2D eigenvalue weighted by molar-refractivity contribution is 6.07. The second-order valence-corrected chi connectivity index (χ2v) is 4.02. The van der Waals surface area contributed by atoms with Gasteiger partial charge in [-0.05, 0) is 31.2 Å². The molecule has 0 bridgehead atoms. The lowest BCUT2D eigenvalue weighted by atomic mass is 10.1. The van der Waals surface area contributed by atoms with E-state index in [0.717, 1.165) is 0 Å². The van der Waals surface area contributed by atoms with Crippen LogP contribution < -0.4 is 10.1 Å². The number of carboxylic acid groups (broad SMARTS) is 1. The van der Waals surface area contributed by atoms with Gasteiger partial charge in [0.05, 0.1) is 6.61 Å². The molecule has 0 aliphatic heterocycles. The largest absolute Gasteiger partial charge is 0.494 e. The molecular formula is C14H17NO5. The number of nitrogens with one attached hydrogen (secondary N) is 1. The zero-order chi connectivity index (χ0) is 15.1. The highest BCUT2D eigenvalue weighted by atomic mass is 16.5. The van der Waals surface area contributed by atoms with Gasteiger partial charge in [0.15, 0.2) is 11.8 Å². The van der Waals surface area contributed by atoms with Crippen LogP contribution in [0.3, 0.4) is 0 Å². The third-order valence-electron chi connectivity index (χ3n) is 2.62. The summed E-state index contributed by atoms with van der Waals surface area (Å²) in [5.41, 5.74) is 0.267. The number of hydrogen-bond donors (Lipinski definition) is 2. The van der Waals surface area contributed by atoms with Gasteiger partial charge >= 0.3 is 5.97 Å². The van der Waals surface area contributed by atoms with Gasteiger partial charge in [-0.1, -0.05) is 6.92 Å². The van der Waals surface area contributed by atoms with Crippen molar-refractivity contribution in [1.29, 1.82) is 0 Å². The molecule has 0 saturated carbocycles. The predicted molar refractivity (Wildman–Crippen MR) is 71.8 cm³/mol. The number of hydrogen-bond acceptors (Lipinski definition) is 4. The summed E-state index contributed by atoms with van der Waals surface area (Å²) in [7, 11) is 0. The van der Waals surface area contributed by atoms with Gasteiger partial charge in [0, 0.05) is 12.0 Å². The van der Waals surface area contributed by atoms with Gasteiger partial charge in [0.25, 0.3) is 5.91 Å². The van der Waals surface area contributed by atoms with Crippen LogP contribution in [-0.4, -0.2) is 35.4 Å². The molecule has 1 amide bonds. The fourth-order valence-corrected chi connectivity index (χ4v) is 1.57. The number of rotatable bonds is 7. The molecule has 1 unspecified atom stereocenters. The van der Waals surface area contributed by atoms with Crippen LogP contribution in [0, 0.1) is 0 Å². The Kier molecular flexibility index (Phi) is 5.71. The summed E-state index contributed by atoms with van der Waals surface area (Å²) in [4.78, 5) is 34.3. The Morgan fingerprint density at radius 2 is 1.80 bits per heavy atom. The zero-order valence-corrected chi connectivity index (χ0v) is 11.4. The smallest absolute Gasteiger partial charge is 0.334 e. The second-order valence-electron chi connectivity index (χ2n) is 4.02. The number of amides is 1. The van der Waals surface area contributed by atoms with Crippen LogP contribution >= 0.6 is 0 Å². The second kappa shape index (κ2) is 7.28. The first-order valence-corrected chi connectivity index (χ1v) is 6.28. The lowest BCUT2D eigenvalue weighted by molar-refractivity contribution is -0.143. The van der Waals surface area contributed by atoms with Crippen molar-refractivity contribution in [2.75, 3.05) is 6.61 Å². The van der Waals surface area contributed by atoms with Crippen LogP contribution in [0.15, 0.2) is 24.3 Å². The van der Waals surface area contributed by atoms with Gasteiger partial charge in [0.1, 0.15) is 5.75 Å². The Hall–Kier alpha value is -2.37. The average molecular weight is 279 g/mol. The fourth-order valence-electron chi connectivity index (χ4n) is 1.57. The van der Waals surface area contributed by atoms with E-state index in [9.17, 15) is 14.4 Å². The van der Waals surface area contributed by atoms with Crippen molar-refractivity contribution in [3.05, 3.63) is 29.8 Å². The molecule has 0 aliphatic carbocycles. The molecule has 1 rings (SSSR count). The summed E-state index contributed by atoms with van der Waals surface area (Å²) in [6, 6.07) is 4.72. The maximum Gasteiger partial charge on any atom is 0.334 e. The van der Waals surface area contributed by atoms with Crippen LogP contribution in [0.1, 0.15) is 30.6 Å². The number of Topliss-reactive ketones (excluding diaryl/α,β-unsaturated/α-hetero) is 1. The zero-order valence-electron chi connectivity index (χ0n) is 11.4. The van der Waals surface area contributed by atoms with Crippen molar-refractivity contribution >= 4 is 17.7 Å². The molecule has 0 spiro atoms. The summed E-state index contributed by atoms with van der Waals surface area (Å²) in [6.07, 6.45) is 0.0422. The maximum atomic E-state index is 11.9. The Labute approximate surface area is 116 Å². The number of aliphatic carboxylic acids is 1. The fraction of sp³-hybridized carbons (Fsp3) is 0.357. The SMILES string of the molecule is CCOc1ccc(C(=O)NC(C(=O)O)C(=O)CC)cc1. The van der Waals surface area contributed by atoms with E-state index in [0.29, 0.717) is 12.4 Å². The van der Waals surface area contributed by atoms with Gasteiger partial charge in [-0.2, -0.15) is 0 Å². The molecule has 0 saturated heterocycles. The molecule has 1 aromatic rings. The number of carboxylic acids is 1. The minimum Gasteiger partial charge on any atom is -0.494 e. The van der Waals surface area contributed by atoms with Crippen molar-refractivity contribution in [2.24, 2.45) is 0 Å². The van der Waals surface area contributed by atoms with E-state index in [4.69, 9.17) is 9.84 Å². The third-order valence-corrected chi connectivity index (χ3v) is 2.62. The third kappa shape index (κ3) is 4.08. The summed E-state index contributed by atoms with van der Waals surface area (Å²) < 4.78 is 5.24. The van der Waals surface area contributed by atoms with Gasteiger partial charge in [-0.15, -0.1) is 0 Å². The number of benzene rings is 1. The molecule has 1 aromatic carbocycles. The molecule has 6 nitrogen and oxygen atoms in total. The van der Waals surface area contributed by atoms with Crippen LogP contribution in [-0.2, 0) is 9.59 Å². The lowest BCUT2D eigenvalue weighted by Crippen LogP contribution is -2.46. The summed E-state index contributed by atoms with van der Waals surface area (Å²) in [5, 5.41) is 11.1. The molecule has 108 valence electrons. The summed E-state index contributed by atoms with van der Waals surface area (Å²) in [5.74, 6) is -1.90. The first-order chi connectivity index (χ1) is 9.49. The Morgan fingerprint density at radius 1 is 1.20 bits per heavy atom. The monoisotopic (exact) mass is 279 g/mol. The van der Waals surface area contributed by atoms with Crippen LogP contribution in [0.2, 0.25) is 0 Å². The van der Waals surface area contributed by atoms with Crippen molar-refractivity contribution < 1.29 is 24.2 Å². The molecule has 0 aromatic heterocycles.